The maximum absolute atomic E-state index is 13.7. The molecule has 0 N–H and O–H groups in total. The predicted molar refractivity (Wildman–Crippen MR) is 92.2 cm³/mol. The summed E-state index contributed by atoms with van der Waals surface area (Å²) in [5.74, 6) is 0.267. The number of aryl methyl sites for hydroxylation is 1. The van der Waals surface area contributed by atoms with Gasteiger partial charge in [0.2, 0.25) is 0 Å². The van der Waals surface area contributed by atoms with Gasteiger partial charge in [0.05, 0.1) is 6.10 Å². The number of esters is 1. The van der Waals surface area contributed by atoms with Gasteiger partial charge in [0.25, 0.3) is 0 Å². The number of carbonyl (C=O) groups excluding carboxylic acids is 1. The van der Waals surface area contributed by atoms with Crippen LogP contribution in [0.15, 0.2) is 46.9 Å². The van der Waals surface area contributed by atoms with E-state index in [0.29, 0.717) is 33.6 Å². The van der Waals surface area contributed by atoms with E-state index < -0.39 is 5.97 Å². The third-order valence-electron chi connectivity index (χ3n) is 3.73. The van der Waals surface area contributed by atoms with Crippen molar-refractivity contribution in [3.63, 3.8) is 0 Å². The summed E-state index contributed by atoms with van der Waals surface area (Å²) in [5, 5.41) is 0.620. The number of carbonyl (C=O) groups is 1. The van der Waals surface area contributed by atoms with Crippen molar-refractivity contribution in [3.05, 3.63) is 65.2 Å². The number of fused-ring (bicyclic) bond motifs is 1. The molecule has 0 radical (unpaired) electrons. The maximum Gasteiger partial charge on any atom is 0.342 e. The molecule has 5 heteroatoms. The highest BCUT2D eigenvalue weighted by Crippen LogP contribution is 2.30. The second kappa shape index (κ2) is 6.97. The summed E-state index contributed by atoms with van der Waals surface area (Å²) >= 11 is 0. The Balaban J connectivity index is 1.88. The van der Waals surface area contributed by atoms with E-state index in [1.54, 1.807) is 57.2 Å². The smallest absolute Gasteiger partial charge is 0.342 e. The van der Waals surface area contributed by atoms with Crippen LogP contribution in [0.1, 0.15) is 35.5 Å². The first-order valence-electron chi connectivity index (χ1n) is 8.06. The van der Waals surface area contributed by atoms with Crippen molar-refractivity contribution in [2.45, 2.75) is 33.5 Å². The molecule has 0 amide bonds. The molecule has 3 aromatic rings. The molecular formula is C20H19FO4. The molecule has 0 bridgehead atoms. The van der Waals surface area contributed by atoms with E-state index in [1.165, 1.54) is 6.07 Å². The highest BCUT2D eigenvalue weighted by Gasteiger charge is 2.21. The molecule has 0 saturated heterocycles. The summed E-state index contributed by atoms with van der Waals surface area (Å²) in [5.41, 5.74) is 1.43. The molecule has 2 aromatic carbocycles. The van der Waals surface area contributed by atoms with E-state index in [9.17, 15) is 9.18 Å². The highest BCUT2D eigenvalue weighted by molar-refractivity contribution is 6.04. The first kappa shape index (κ1) is 17.0. The second-order valence-electron chi connectivity index (χ2n) is 6.03. The van der Waals surface area contributed by atoms with Crippen molar-refractivity contribution in [2.75, 3.05) is 0 Å². The van der Waals surface area contributed by atoms with Crippen LogP contribution in [0.3, 0.4) is 0 Å². The number of hydrogen-bond donors (Lipinski definition) is 0. The minimum atomic E-state index is -0.433. The summed E-state index contributed by atoms with van der Waals surface area (Å²) < 4.78 is 30.3. The third kappa shape index (κ3) is 3.65. The van der Waals surface area contributed by atoms with Crippen LogP contribution in [0.5, 0.6) is 5.75 Å². The van der Waals surface area contributed by atoms with Crippen molar-refractivity contribution in [2.24, 2.45) is 0 Å². The van der Waals surface area contributed by atoms with E-state index >= 15 is 0 Å². The van der Waals surface area contributed by atoms with E-state index in [1.807, 2.05) is 0 Å². The standard InChI is InChI=1S/C20H19FO4/c1-12(2)24-20(22)19-13(3)25-18-9-8-15(10-16(18)19)23-11-14-6-4-5-7-17(14)21/h4-10,12H,11H2,1-3H3. The van der Waals surface area contributed by atoms with Crippen molar-refractivity contribution in [1.29, 1.82) is 0 Å². The van der Waals surface area contributed by atoms with Gasteiger partial charge in [0.15, 0.2) is 0 Å². The van der Waals surface area contributed by atoms with Crippen LogP contribution in [0.2, 0.25) is 0 Å². The van der Waals surface area contributed by atoms with Gasteiger partial charge in [-0.2, -0.15) is 0 Å². The lowest BCUT2D eigenvalue weighted by molar-refractivity contribution is 0.0378. The Morgan fingerprint density at radius 2 is 1.96 bits per heavy atom. The third-order valence-corrected chi connectivity index (χ3v) is 3.73. The first-order chi connectivity index (χ1) is 12.0. The number of rotatable bonds is 5. The average molecular weight is 342 g/mol. The fourth-order valence-corrected chi connectivity index (χ4v) is 2.59. The average Bonchev–Trinajstić information content (AvgIpc) is 2.88. The molecule has 0 spiro atoms. The summed E-state index contributed by atoms with van der Waals surface area (Å²) in [4.78, 5) is 12.3. The van der Waals surface area contributed by atoms with E-state index in [4.69, 9.17) is 13.9 Å². The van der Waals surface area contributed by atoms with E-state index in [2.05, 4.69) is 0 Å². The van der Waals surface area contributed by atoms with Crippen LogP contribution >= 0.6 is 0 Å². The van der Waals surface area contributed by atoms with Crippen molar-refractivity contribution in [3.8, 4) is 5.75 Å². The van der Waals surface area contributed by atoms with Crippen LogP contribution in [-0.2, 0) is 11.3 Å². The molecule has 130 valence electrons. The molecule has 1 heterocycles. The minimum absolute atomic E-state index is 0.0980. The van der Waals surface area contributed by atoms with Gasteiger partial charge in [-0.3, -0.25) is 0 Å². The summed E-state index contributed by atoms with van der Waals surface area (Å²) in [7, 11) is 0. The predicted octanol–water partition coefficient (Wildman–Crippen LogP) is 5.02. The van der Waals surface area contributed by atoms with Gasteiger partial charge in [0, 0.05) is 10.9 Å². The van der Waals surface area contributed by atoms with Gasteiger partial charge in [-0.1, -0.05) is 18.2 Å². The van der Waals surface area contributed by atoms with Gasteiger partial charge in [-0.15, -0.1) is 0 Å². The summed E-state index contributed by atoms with van der Waals surface area (Å²) in [6.45, 7) is 5.40. The maximum atomic E-state index is 13.7. The Morgan fingerprint density at radius 1 is 1.20 bits per heavy atom. The fraction of sp³-hybridized carbons (Fsp3) is 0.250. The van der Waals surface area contributed by atoms with Crippen molar-refractivity contribution in [1.82, 2.24) is 0 Å². The lowest BCUT2D eigenvalue weighted by Crippen LogP contribution is -2.12. The Kier molecular flexibility index (Phi) is 4.74. The molecule has 0 aliphatic heterocycles. The zero-order valence-electron chi connectivity index (χ0n) is 14.3. The van der Waals surface area contributed by atoms with E-state index in [0.717, 1.165) is 0 Å². The molecule has 3 rings (SSSR count). The van der Waals surface area contributed by atoms with E-state index in [-0.39, 0.29) is 18.5 Å². The monoisotopic (exact) mass is 342 g/mol. The Bertz CT molecular complexity index is 911. The zero-order valence-corrected chi connectivity index (χ0v) is 14.3. The van der Waals surface area contributed by atoms with Gasteiger partial charge >= 0.3 is 5.97 Å². The Hall–Kier alpha value is -2.82. The van der Waals surface area contributed by atoms with Crippen molar-refractivity contribution < 1.29 is 23.1 Å². The fourth-order valence-electron chi connectivity index (χ4n) is 2.59. The summed E-state index contributed by atoms with van der Waals surface area (Å²) in [6, 6.07) is 11.6. The number of hydrogen-bond acceptors (Lipinski definition) is 4. The lowest BCUT2D eigenvalue weighted by atomic mass is 10.1. The van der Waals surface area contributed by atoms with Crippen LogP contribution in [-0.4, -0.2) is 12.1 Å². The zero-order chi connectivity index (χ0) is 18.0. The molecule has 0 atom stereocenters. The topological polar surface area (TPSA) is 48.7 Å². The molecule has 0 unspecified atom stereocenters. The normalized spacial score (nSPS) is 11.1. The molecule has 0 aliphatic rings. The quantitative estimate of drug-likeness (QED) is 0.611. The molecular weight excluding hydrogens is 323 g/mol. The molecule has 0 saturated carbocycles. The molecule has 1 aromatic heterocycles. The Morgan fingerprint density at radius 3 is 2.68 bits per heavy atom. The van der Waals surface area contributed by atoms with Crippen LogP contribution in [0, 0.1) is 12.7 Å². The SMILES string of the molecule is Cc1oc2ccc(OCc3ccccc3F)cc2c1C(=O)OC(C)C. The van der Waals surface area contributed by atoms with Crippen LogP contribution < -0.4 is 4.74 Å². The van der Waals surface area contributed by atoms with Gasteiger partial charge in [-0.05, 0) is 45.0 Å². The van der Waals surface area contributed by atoms with Gasteiger partial charge in [-0.25, -0.2) is 9.18 Å². The lowest BCUT2D eigenvalue weighted by Gasteiger charge is -2.08. The minimum Gasteiger partial charge on any atom is -0.489 e. The number of furan rings is 1. The highest BCUT2D eigenvalue weighted by atomic mass is 19.1. The Labute approximate surface area is 145 Å². The van der Waals surface area contributed by atoms with Gasteiger partial charge in [0.1, 0.15) is 35.1 Å². The van der Waals surface area contributed by atoms with Crippen LogP contribution in [0.4, 0.5) is 4.39 Å². The first-order valence-corrected chi connectivity index (χ1v) is 8.06. The molecule has 0 aliphatic carbocycles. The second-order valence-corrected chi connectivity index (χ2v) is 6.03. The number of halogens is 1. The molecule has 25 heavy (non-hydrogen) atoms. The molecule has 4 nitrogen and oxygen atoms in total. The molecule has 0 fully saturated rings. The van der Waals surface area contributed by atoms with Gasteiger partial charge < -0.3 is 13.9 Å². The number of benzene rings is 2. The largest absolute Gasteiger partial charge is 0.489 e. The van der Waals surface area contributed by atoms with Crippen LogP contribution in [0.25, 0.3) is 11.0 Å². The summed E-state index contributed by atoms with van der Waals surface area (Å²) in [6.07, 6.45) is -0.225. The number of ether oxygens (including phenoxy) is 2. The van der Waals surface area contributed by atoms with Crippen molar-refractivity contribution >= 4 is 16.9 Å².